The van der Waals surface area contributed by atoms with E-state index in [9.17, 15) is 0 Å². The summed E-state index contributed by atoms with van der Waals surface area (Å²) in [7, 11) is 0. The molecule has 0 aliphatic rings. The predicted octanol–water partition coefficient (Wildman–Crippen LogP) is 5.20. The molecule has 1 N–H and O–H groups in total. The highest BCUT2D eigenvalue weighted by Gasteiger charge is 2.08. The first-order valence-electron chi connectivity index (χ1n) is 6.58. The molecule has 0 aliphatic heterocycles. The molecule has 100 valence electrons. The Morgan fingerprint density at radius 2 is 1.74 bits per heavy atom. The summed E-state index contributed by atoms with van der Waals surface area (Å²) in [5, 5.41) is 3.60. The highest BCUT2D eigenvalue weighted by molar-refractivity contribution is 7.98. The molecule has 0 saturated heterocycles. The van der Waals surface area contributed by atoms with Crippen molar-refractivity contribution in [1.29, 1.82) is 0 Å². The van der Waals surface area contributed by atoms with Gasteiger partial charge in [0, 0.05) is 16.6 Å². The molecular weight excluding hydrogens is 250 g/mol. The van der Waals surface area contributed by atoms with Crippen molar-refractivity contribution < 1.29 is 0 Å². The smallest absolute Gasteiger partial charge is 0.0486 e. The van der Waals surface area contributed by atoms with E-state index in [0.29, 0.717) is 6.04 Å². The van der Waals surface area contributed by atoms with E-state index >= 15 is 0 Å². The first-order valence-corrected chi connectivity index (χ1v) is 7.81. The van der Waals surface area contributed by atoms with Crippen LogP contribution in [0.3, 0.4) is 0 Å². The summed E-state index contributed by atoms with van der Waals surface area (Å²) < 4.78 is 0. The predicted molar refractivity (Wildman–Crippen MR) is 86.2 cm³/mol. The Bertz CT molecular complexity index is 563. The lowest BCUT2D eigenvalue weighted by molar-refractivity contribution is 0.876. The van der Waals surface area contributed by atoms with Crippen LogP contribution in [0.4, 0.5) is 5.69 Å². The van der Waals surface area contributed by atoms with Crippen molar-refractivity contribution in [1.82, 2.24) is 0 Å². The Balaban J connectivity index is 2.20. The van der Waals surface area contributed by atoms with Crippen molar-refractivity contribution in [2.45, 2.75) is 31.7 Å². The van der Waals surface area contributed by atoms with Crippen LogP contribution >= 0.6 is 11.8 Å². The van der Waals surface area contributed by atoms with E-state index < -0.39 is 0 Å². The van der Waals surface area contributed by atoms with Crippen molar-refractivity contribution in [3.63, 3.8) is 0 Å². The van der Waals surface area contributed by atoms with Crippen molar-refractivity contribution in [3.8, 4) is 0 Å². The molecule has 2 heteroatoms. The van der Waals surface area contributed by atoms with Crippen molar-refractivity contribution in [2.75, 3.05) is 11.6 Å². The van der Waals surface area contributed by atoms with Gasteiger partial charge in [-0.3, -0.25) is 0 Å². The van der Waals surface area contributed by atoms with E-state index in [4.69, 9.17) is 0 Å². The highest BCUT2D eigenvalue weighted by atomic mass is 32.2. The summed E-state index contributed by atoms with van der Waals surface area (Å²) in [5.74, 6) is 0. The number of nitrogens with one attached hydrogen (secondary N) is 1. The van der Waals surface area contributed by atoms with E-state index in [2.05, 4.69) is 74.8 Å². The fourth-order valence-corrected chi connectivity index (χ4v) is 2.68. The van der Waals surface area contributed by atoms with Gasteiger partial charge in [0.25, 0.3) is 0 Å². The van der Waals surface area contributed by atoms with Crippen LogP contribution in [-0.4, -0.2) is 6.26 Å². The van der Waals surface area contributed by atoms with Crippen LogP contribution in [0.5, 0.6) is 0 Å². The van der Waals surface area contributed by atoms with Crippen LogP contribution in [0.15, 0.2) is 47.4 Å². The maximum atomic E-state index is 3.60. The van der Waals surface area contributed by atoms with Crippen LogP contribution in [0.25, 0.3) is 0 Å². The lowest BCUT2D eigenvalue weighted by Crippen LogP contribution is -2.07. The molecule has 0 heterocycles. The number of thioether (sulfide) groups is 1. The maximum absolute atomic E-state index is 3.60. The summed E-state index contributed by atoms with van der Waals surface area (Å²) >= 11 is 1.78. The van der Waals surface area contributed by atoms with Gasteiger partial charge in [0.2, 0.25) is 0 Å². The monoisotopic (exact) mass is 271 g/mol. The lowest BCUT2D eigenvalue weighted by atomic mass is 10.0. The Labute approximate surface area is 120 Å². The minimum Gasteiger partial charge on any atom is -0.378 e. The number of hydrogen-bond acceptors (Lipinski definition) is 2. The minimum absolute atomic E-state index is 0.313. The summed E-state index contributed by atoms with van der Waals surface area (Å²) in [6.07, 6.45) is 2.11. The van der Waals surface area contributed by atoms with Crippen LogP contribution < -0.4 is 5.32 Å². The third-order valence-corrected chi connectivity index (χ3v) is 4.31. The van der Waals surface area contributed by atoms with Crippen molar-refractivity contribution in [3.05, 3.63) is 59.2 Å². The second-order valence-electron chi connectivity index (χ2n) is 4.91. The van der Waals surface area contributed by atoms with Crippen molar-refractivity contribution in [2.24, 2.45) is 0 Å². The molecule has 0 radical (unpaired) electrons. The second kappa shape index (κ2) is 6.16. The molecule has 1 nitrogen and oxygen atoms in total. The van der Waals surface area contributed by atoms with Gasteiger partial charge in [-0.15, -0.1) is 11.8 Å². The molecule has 0 bridgehead atoms. The third-order valence-electron chi connectivity index (χ3n) is 3.51. The lowest BCUT2D eigenvalue weighted by Gasteiger charge is -2.18. The average molecular weight is 271 g/mol. The van der Waals surface area contributed by atoms with Gasteiger partial charge in [-0.2, -0.15) is 0 Å². The largest absolute Gasteiger partial charge is 0.378 e. The molecule has 0 spiro atoms. The number of aryl methyl sites for hydroxylation is 2. The summed E-state index contributed by atoms with van der Waals surface area (Å²) in [6, 6.07) is 15.4. The van der Waals surface area contributed by atoms with Gasteiger partial charge in [-0.1, -0.05) is 30.3 Å². The fourth-order valence-electron chi connectivity index (χ4n) is 2.11. The van der Waals surface area contributed by atoms with Crippen LogP contribution in [0.2, 0.25) is 0 Å². The first kappa shape index (κ1) is 14.0. The standard InChI is InChI=1S/C17H21NS/c1-12-9-10-15(11-13(12)2)14(3)18-16-7-5-6-8-17(16)19-4/h5-11,14,18H,1-4H3. The molecule has 0 aliphatic carbocycles. The summed E-state index contributed by atoms with van der Waals surface area (Å²) in [4.78, 5) is 1.29. The van der Waals surface area contributed by atoms with Gasteiger partial charge in [0.05, 0.1) is 0 Å². The molecule has 19 heavy (non-hydrogen) atoms. The molecule has 2 aromatic rings. The van der Waals surface area contributed by atoms with Gasteiger partial charge in [-0.05, 0) is 55.9 Å². The Kier molecular flexibility index (Phi) is 4.54. The number of rotatable bonds is 4. The van der Waals surface area contributed by atoms with Crippen molar-refractivity contribution >= 4 is 17.4 Å². The van der Waals surface area contributed by atoms with Gasteiger partial charge in [0.1, 0.15) is 0 Å². The average Bonchev–Trinajstić information content (AvgIpc) is 2.42. The molecule has 0 aromatic heterocycles. The molecule has 1 unspecified atom stereocenters. The zero-order valence-corrected chi connectivity index (χ0v) is 12.8. The van der Waals surface area contributed by atoms with E-state index in [1.54, 1.807) is 11.8 Å². The van der Waals surface area contributed by atoms with Gasteiger partial charge in [0.15, 0.2) is 0 Å². The van der Waals surface area contributed by atoms with E-state index in [-0.39, 0.29) is 0 Å². The number of anilines is 1. The molecular formula is C17H21NS. The third kappa shape index (κ3) is 3.32. The maximum Gasteiger partial charge on any atom is 0.0486 e. The number of hydrogen-bond donors (Lipinski definition) is 1. The highest BCUT2D eigenvalue weighted by Crippen LogP contribution is 2.28. The van der Waals surface area contributed by atoms with Gasteiger partial charge in [-0.25, -0.2) is 0 Å². The molecule has 2 rings (SSSR count). The first-order chi connectivity index (χ1) is 9.11. The molecule has 1 atom stereocenters. The Morgan fingerprint density at radius 3 is 2.42 bits per heavy atom. The molecule has 0 amide bonds. The molecule has 2 aromatic carbocycles. The minimum atomic E-state index is 0.313. The van der Waals surface area contributed by atoms with Crippen LogP contribution in [-0.2, 0) is 0 Å². The Morgan fingerprint density at radius 1 is 1.00 bits per heavy atom. The zero-order chi connectivity index (χ0) is 13.8. The number of para-hydroxylation sites is 1. The Hall–Kier alpha value is -1.41. The fraction of sp³-hybridized carbons (Fsp3) is 0.294. The van der Waals surface area contributed by atoms with E-state index in [0.717, 1.165) is 0 Å². The van der Waals surface area contributed by atoms with Gasteiger partial charge >= 0.3 is 0 Å². The summed E-state index contributed by atoms with van der Waals surface area (Å²) in [5.41, 5.74) is 5.24. The zero-order valence-electron chi connectivity index (χ0n) is 12.0. The van der Waals surface area contributed by atoms with Crippen LogP contribution in [0.1, 0.15) is 29.7 Å². The SMILES string of the molecule is CSc1ccccc1NC(C)c1ccc(C)c(C)c1. The normalized spacial score (nSPS) is 12.2. The topological polar surface area (TPSA) is 12.0 Å². The molecule has 0 saturated carbocycles. The summed E-state index contributed by atoms with van der Waals surface area (Å²) in [6.45, 7) is 6.53. The van der Waals surface area contributed by atoms with Crippen LogP contribution in [0, 0.1) is 13.8 Å². The second-order valence-corrected chi connectivity index (χ2v) is 5.76. The van der Waals surface area contributed by atoms with E-state index in [1.807, 2.05) is 0 Å². The quantitative estimate of drug-likeness (QED) is 0.767. The molecule has 0 fully saturated rings. The van der Waals surface area contributed by atoms with Gasteiger partial charge < -0.3 is 5.32 Å². The van der Waals surface area contributed by atoms with E-state index in [1.165, 1.54) is 27.3 Å². The number of benzene rings is 2.